The van der Waals surface area contributed by atoms with Crippen molar-refractivity contribution in [2.45, 2.75) is 5.92 Å². The maximum Gasteiger partial charge on any atom is 0.133 e. The van der Waals surface area contributed by atoms with Gasteiger partial charge in [-0.3, -0.25) is 4.98 Å². The summed E-state index contributed by atoms with van der Waals surface area (Å²) >= 11 is 6.04. The van der Waals surface area contributed by atoms with Crippen molar-refractivity contribution in [2.75, 3.05) is 0 Å². The van der Waals surface area contributed by atoms with Gasteiger partial charge in [0.15, 0.2) is 0 Å². The Morgan fingerprint density at radius 3 is 2.69 bits per heavy atom. The first-order chi connectivity index (χ1) is 7.83. The van der Waals surface area contributed by atoms with Crippen LogP contribution >= 0.6 is 11.6 Å². The van der Waals surface area contributed by atoms with Crippen LogP contribution in [0.1, 0.15) is 17.0 Å². The zero-order valence-corrected chi connectivity index (χ0v) is 9.35. The van der Waals surface area contributed by atoms with Crippen molar-refractivity contribution in [2.24, 2.45) is 0 Å². The highest BCUT2D eigenvalue weighted by atomic mass is 35.5. The molecule has 0 saturated heterocycles. The van der Waals surface area contributed by atoms with E-state index in [-0.39, 0.29) is 5.92 Å². The minimum Gasteiger partial charge on any atom is -0.265 e. The van der Waals surface area contributed by atoms with E-state index in [4.69, 9.17) is 11.6 Å². The molecule has 2 nitrogen and oxygen atoms in total. The van der Waals surface area contributed by atoms with Crippen LogP contribution in [0, 0.1) is 6.07 Å². The summed E-state index contributed by atoms with van der Waals surface area (Å²) < 4.78 is 0. The molecule has 2 aromatic rings. The number of hydrogen-bond donors (Lipinski definition) is 0. The number of rotatable bonds is 3. The Morgan fingerprint density at radius 1 is 1.31 bits per heavy atom. The fourth-order valence-corrected chi connectivity index (χ4v) is 1.80. The van der Waals surface area contributed by atoms with E-state index in [1.807, 2.05) is 18.2 Å². The topological polar surface area (TPSA) is 25.8 Å². The first-order valence-electron chi connectivity index (χ1n) is 4.87. The molecule has 1 radical (unpaired) electrons. The van der Waals surface area contributed by atoms with Crippen molar-refractivity contribution in [3.63, 3.8) is 0 Å². The lowest BCUT2D eigenvalue weighted by molar-refractivity contribution is 0.999. The van der Waals surface area contributed by atoms with Gasteiger partial charge in [0.1, 0.15) is 5.15 Å². The summed E-state index contributed by atoms with van der Waals surface area (Å²) in [4.78, 5) is 8.03. The molecule has 0 aliphatic heterocycles. The summed E-state index contributed by atoms with van der Waals surface area (Å²) in [5, 5.41) is 0.462. The van der Waals surface area contributed by atoms with Crippen molar-refractivity contribution in [3.05, 3.63) is 71.8 Å². The van der Waals surface area contributed by atoms with Gasteiger partial charge in [0.2, 0.25) is 0 Å². The standard InChI is InChI=1S/C13H10ClN2/c1-2-11(10-5-8-15-9-6-10)12-4-3-7-16-13(12)14/h2-3,5-9,11H,1H2. The molecule has 1 unspecified atom stereocenters. The maximum absolute atomic E-state index is 6.04. The molecule has 2 rings (SSSR count). The third kappa shape index (κ3) is 2.12. The Labute approximate surface area is 99.6 Å². The molecule has 0 saturated carbocycles. The highest BCUT2D eigenvalue weighted by molar-refractivity contribution is 6.30. The number of hydrogen-bond acceptors (Lipinski definition) is 2. The van der Waals surface area contributed by atoms with E-state index in [0.717, 1.165) is 11.1 Å². The summed E-state index contributed by atoms with van der Waals surface area (Å²) in [5.74, 6) is 0.00389. The molecular formula is C13H10ClN2. The monoisotopic (exact) mass is 229 g/mol. The molecule has 0 aromatic carbocycles. The molecule has 0 spiro atoms. The van der Waals surface area contributed by atoms with Gasteiger partial charge in [-0.15, -0.1) is 6.58 Å². The summed E-state index contributed by atoms with van der Waals surface area (Å²) in [5.41, 5.74) is 1.92. The van der Waals surface area contributed by atoms with Crippen molar-refractivity contribution in [3.8, 4) is 0 Å². The van der Waals surface area contributed by atoms with Gasteiger partial charge in [-0.05, 0) is 29.8 Å². The largest absolute Gasteiger partial charge is 0.265 e. The van der Waals surface area contributed by atoms with Crippen molar-refractivity contribution in [1.82, 2.24) is 9.97 Å². The van der Waals surface area contributed by atoms with Crippen molar-refractivity contribution in [1.29, 1.82) is 0 Å². The van der Waals surface area contributed by atoms with Gasteiger partial charge in [-0.1, -0.05) is 17.7 Å². The summed E-state index contributed by atoms with van der Waals surface area (Å²) in [7, 11) is 0. The number of aromatic nitrogens is 2. The average Bonchev–Trinajstić information content (AvgIpc) is 2.34. The summed E-state index contributed by atoms with van der Waals surface area (Å²) in [6, 6.07) is 8.72. The van der Waals surface area contributed by atoms with E-state index in [1.54, 1.807) is 24.7 Å². The predicted octanol–water partition coefficient (Wildman–Crippen LogP) is 3.25. The van der Waals surface area contributed by atoms with Gasteiger partial charge in [0.25, 0.3) is 0 Å². The Morgan fingerprint density at radius 2 is 2.06 bits per heavy atom. The lowest BCUT2D eigenvalue weighted by Crippen LogP contribution is -1.99. The quantitative estimate of drug-likeness (QED) is 0.597. The van der Waals surface area contributed by atoms with Crippen LogP contribution in [0.3, 0.4) is 0 Å². The zero-order valence-electron chi connectivity index (χ0n) is 8.60. The molecular weight excluding hydrogens is 220 g/mol. The summed E-state index contributed by atoms with van der Waals surface area (Å²) in [6.45, 7) is 3.83. The smallest absolute Gasteiger partial charge is 0.133 e. The molecule has 0 fully saturated rings. The van der Waals surface area contributed by atoms with Crippen LogP contribution in [0.25, 0.3) is 0 Å². The normalized spacial score (nSPS) is 12.1. The van der Waals surface area contributed by atoms with Crippen molar-refractivity contribution >= 4 is 11.6 Å². The average molecular weight is 230 g/mol. The molecule has 1 atom stereocenters. The van der Waals surface area contributed by atoms with E-state index < -0.39 is 0 Å². The van der Waals surface area contributed by atoms with E-state index in [9.17, 15) is 0 Å². The van der Waals surface area contributed by atoms with Crippen LogP contribution < -0.4 is 0 Å². The minimum absolute atomic E-state index is 0.00389. The number of pyridine rings is 2. The van der Waals surface area contributed by atoms with E-state index in [2.05, 4.69) is 22.6 Å². The molecule has 16 heavy (non-hydrogen) atoms. The predicted molar refractivity (Wildman–Crippen MR) is 64.4 cm³/mol. The molecule has 2 heterocycles. The van der Waals surface area contributed by atoms with E-state index >= 15 is 0 Å². The van der Waals surface area contributed by atoms with Gasteiger partial charge in [0.05, 0.1) is 0 Å². The second kappa shape index (κ2) is 4.90. The second-order valence-corrected chi connectivity index (χ2v) is 3.65. The highest BCUT2D eigenvalue weighted by Gasteiger charge is 2.13. The number of nitrogens with zero attached hydrogens (tertiary/aromatic N) is 2. The molecule has 79 valence electrons. The number of halogens is 1. The highest BCUT2D eigenvalue weighted by Crippen LogP contribution is 2.28. The Hall–Kier alpha value is -1.67. The fourth-order valence-electron chi connectivity index (χ4n) is 1.57. The Bertz CT molecular complexity index is 482. The maximum atomic E-state index is 6.04. The van der Waals surface area contributed by atoms with Crippen LogP contribution in [-0.4, -0.2) is 9.97 Å². The third-order valence-corrected chi connectivity index (χ3v) is 2.64. The first-order valence-corrected chi connectivity index (χ1v) is 5.25. The van der Waals surface area contributed by atoms with Gasteiger partial charge < -0.3 is 0 Å². The Balaban J connectivity index is 2.45. The van der Waals surface area contributed by atoms with Crippen LogP contribution in [0.2, 0.25) is 5.15 Å². The molecule has 0 amide bonds. The molecule has 0 aliphatic carbocycles. The molecule has 0 aliphatic rings. The third-order valence-electron chi connectivity index (χ3n) is 2.34. The number of allylic oxidation sites excluding steroid dienone is 1. The molecule has 3 heteroatoms. The van der Waals surface area contributed by atoms with Crippen molar-refractivity contribution < 1.29 is 0 Å². The Kier molecular flexibility index (Phi) is 3.32. The minimum atomic E-state index is 0.00389. The summed E-state index contributed by atoms with van der Waals surface area (Å²) in [6.07, 6.45) is 6.94. The SMILES string of the molecule is C=CC(c1ccncc1)c1[c]ccnc1Cl. The lowest BCUT2D eigenvalue weighted by atomic mass is 9.93. The zero-order chi connectivity index (χ0) is 11.4. The van der Waals surface area contributed by atoms with Crippen LogP contribution in [-0.2, 0) is 0 Å². The molecule has 0 N–H and O–H groups in total. The van der Waals surface area contributed by atoms with Crippen LogP contribution in [0.15, 0.2) is 49.4 Å². The molecule has 2 aromatic heterocycles. The van der Waals surface area contributed by atoms with Crippen LogP contribution in [0.4, 0.5) is 0 Å². The van der Waals surface area contributed by atoms with E-state index in [1.165, 1.54) is 0 Å². The second-order valence-electron chi connectivity index (χ2n) is 3.29. The van der Waals surface area contributed by atoms with Gasteiger partial charge in [0, 0.05) is 30.1 Å². The molecule has 0 bridgehead atoms. The van der Waals surface area contributed by atoms with Crippen LogP contribution in [0.5, 0.6) is 0 Å². The lowest BCUT2D eigenvalue weighted by Gasteiger charge is -2.13. The fraction of sp³-hybridized carbons (Fsp3) is 0.0769. The van der Waals surface area contributed by atoms with Gasteiger partial charge in [-0.2, -0.15) is 0 Å². The van der Waals surface area contributed by atoms with E-state index in [0.29, 0.717) is 5.15 Å². The first kappa shape index (κ1) is 10.8. The van der Waals surface area contributed by atoms with Gasteiger partial charge in [-0.25, -0.2) is 4.98 Å². The van der Waals surface area contributed by atoms with Gasteiger partial charge >= 0.3 is 0 Å².